The van der Waals surface area contributed by atoms with Gasteiger partial charge in [0.1, 0.15) is 5.78 Å². The molecule has 0 aliphatic carbocycles. The normalized spacial score (nSPS) is 12.1. The minimum atomic E-state index is -1.04. The molecule has 0 bridgehead atoms. The van der Waals surface area contributed by atoms with E-state index in [9.17, 15) is 14.7 Å². The molecular weight excluding hydrogens is 272 g/mol. The first kappa shape index (κ1) is 19.8. The molecule has 0 aliphatic rings. The molecule has 0 saturated heterocycles. The van der Waals surface area contributed by atoms with Gasteiger partial charge in [0.2, 0.25) is 0 Å². The van der Waals surface area contributed by atoms with Crippen molar-refractivity contribution in [1.29, 1.82) is 0 Å². The standard InChI is InChI=1S/C16H28O5/c1-11(2)13(14(18)19)9-12(17)7-8-16(5,6)21-10-15(3,4)20/h20H,7-10H2,1-6H3,(H,18,19). The lowest BCUT2D eigenvalue weighted by atomic mass is 9.96. The number of hydrogen-bond donors (Lipinski definition) is 2. The Morgan fingerprint density at radius 3 is 2.00 bits per heavy atom. The van der Waals surface area contributed by atoms with Crippen molar-refractivity contribution in [3.05, 3.63) is 11.1 Å². The van der Waals surface area contributed by atoms with Crippen LogP contribution in [-0.2, 0) is 14.3 Å². The van der Waals surface area contributed by atoms with Crippen molar-refractivity contribution in [2.75, 3.05) is 6.61 Å². The van der Waals surface area contributed by atoms with E-state index in [0.29, 0.717) is 12.0 Å². The van der Waals surface area contributed by atoms with E-state index in [0.717, 1.165) is 0 Å². The van der Waals surface area contributed by atoms with Crippen molar-refractivity contribution in [2.24, 2.45) is 0 Å². The van der Waals surface area contributed by atoms with E-state index in [2.05, 4.69) is 0 Å². The van der Waals surface area contributed by atoms with E-state index in [4.69, 9.17) is 9.84 Å². The van der Waals surface area contributed by atoms with Gasteiger partial charge in [0, 0.05) is 18.4 Å². The predicted molar refractivity (Wildman–Crippen MR) is 81.2 cm³/mol. The van der Waals surface area contributed by atoms with E-state index in [1.807, 2.05) is 13.8 Å². The first-order chi connectivity index (χ1) is 9.34. The summed E-state index contributed by atoms with van der Waals surface area (Å²) in [5.41, 5.74) is -0.646. The molecule has 21 heavy (non-hydrogen) atoms. The summed E-state index contributed by atoms with van der Waals surface area (Å²) in [4.78, 5) is 22.9. The van der Waals surface area contributed by atoms with Crippen molar-refractivity contribution < 1.29 is 24.5 Å². The molecule has 0 aromatic rings. The minimum absolute atomic E-state index is 0.0563. The number of carbonyl (C=O) groups is 2. The summed E-state index contributed by atoms with van der Waals surface area (Å²) < 4.78 is 5.61. The van der Waals surface area contributed by atoms with Gasteiger partial charge in [-0.1, -0.05) is 5.57 Å². The van der Waals surface area contributed by atoms with Crippen LogP contribution < -0.4 is 0 Å². The molecule has 0 aromatic carbocycles. The Morgan fingerprint density at radius 1 is 1.10 bits per heavy atom. The number of rotatable bonds is 9. The molecule has 2 N–H and O–H groups in total. The maximum atomic E-state index is 11.9. The van der Waals surface area contributed by atoms with Gasteiger partial charge in [-0.25, -0.2) is 4.79 Å². The lowest BCUT2D eigenvalue weighted by Crippen LogP contribution is -2.34. The van der Waals surface area contributed by atoms with Gasteiger partial charge in [-0.15, -0.1) is 0 Å². The molecule has 0 atom stereocenters. The number of carbonyl (C=O) groups excluding carboxylic acids is 1. The Balaban J connectivity index is 4.42. The maximum Gasteiger partial charge on any atom is 0.331 e. The topological polar surface area (TPSA) is 83.8 Å². The number of aliphatic carboxylic acids is 1. The Hall–Kier alpha value is -1.20. The van der Waals surface area contributed by atoms with Crippen LogP contribution in [0.3, 0.4) is 0 Å². The third kappa shape index (κ3) is 9.37. The molecule has 5 nitrogen and oxygen atoms in total. The quantitative estimate of drug-likeness (QED) is 0.640. The molecule has 0 aromatic heterocycles. The van der Waals surface area contributed by atoms with Crippen LogP contribution in [0, 0.1) is 0 Å². The Bertz CT molecular complexity index is 409. The predicted octanol–water partition coefficient (Wildman–Crippen LogP) is 2.71. The maximum absolute atomic E-state index is 11.9. The number of Topliss-reactive ketones (excluding diaryl/α,β-unsaturated/α-hetero) is 1. The lowest BCUT2D eigenvalue weighted by molar-refractivity contribution is -0.134. The molecule has 0 heterocycles. The first-order valence-corrected chi connectivity index (χ1v) is 7.12. The summed E-state index contributed by atoms with van der Waals surface area (Å²) >= 11 is 0. The van der Waals surface area contributed by atoms with Crippen LogP contribution in [-0.4, -0.2) is 39.8 Å². The highest BCUT2D eigenvalue weighted by molar-refractivity contribution is 5.95. The van der Waals surface area contributed by atoms with Gasteiger partial charge in [-0.3, -0.25) is 4.79 Å². The van der Waals surface area contributed by atoms with Crippen LogP contribution in [0.15, 0.2) is 11.1 Å². The monoisotopic (exact) mass is 300 g/mol. The highest BCUT2D eigenvalue weighted by Gasteiger charge is 2.24. The summed E-state index contributed by atoms with van der Waals surface area (Å²) in [6, 6.07) is 0. The number of carboxylic acids is 1. The molecule has 0 unspecified atom stereocenters. The van der Waals surface area contributed by atoms with Gasteiger partial charge in [-0.05, 0) is 48.0 Å². The number of hydrogen-bond acceptors (Lipinski definition) is 4. The zero-order chi connectivity index (χ0) is 16.8. The molecule has 0 spiro atoms. The largest absolute Gasteiger partial charge is 0.478 e. The molecule has 5 heteroatoms. The summed E-state index contributed by atoms with van der Waals surface area (Å²) in [6.45, 7) is 10.6. The fourth-order valence-corrected chi connectivity index (χ4v) is 1.64. The number of aliphatic hydroxyl groups is 1. The number of allylic oxidation sites excluding steroid dienone is 1. The fraction of sp³-hybridized carbons (Fsp3) is 0.750. The SMILES string of the molecule is CC(C)=C(CC(=O)CCC(C)(C)OCC(C)(C)O)C(=O)O. The van der Waals surface area contributed by atoms with Crippen LogP contribution in [0.1, 0.15) is 60.8 Å². The van der Waals surface area contributed by atoms with Gasteiger partial charge >= 0.3 is 5.97 Å². The Labute approximate surface area is 127 Å². The lowest BCUT2D eigenvalue weighted by Gasteiger charge is -2.29. The Kier molecular flexibility index (Phi) is 7.27. The third-order valence-electron chi connectivity index (χ3n) is 3.06. The number of ether oxygens (including phenoxy) is 1. The molecule has 0 aliphatic heterocycles. The molecule has 0 amide bonds. The van der Waals surface area contributed by atoms with Crippen molar-refractivity contribution in [1.82, 2.24) is 0 Å². The summed E-state index contributed by atoms with van der Waals surface area (Å²) in [6.07, 6.45) is 0.680. The van der Waals surface area contributed by atoms with Crippen LogP contribution in [0.25, 0.3) is 0 Å². The van der Waals surface area contributed by atoms with Crippen molar-refractivity contribution in [2.45, 2.75) is 72.0 Å². The molecule has 0 fully saturated rings. The molecular formula is C16H28O5. The second-order valence-corrected chi connectivity index (χ2v) is 6.86. The van der Waals surface area contributed by atoms with Crippen molar-refractivity contribution in [3.63, 3.8) is 0 Å². The van der Waals surface area contributed by atoms with Gasteiger partial charge in [0.05, 0.1) is 17.8 Å². The van der Waals surface area contributed by atoms with Crippen molar-refractivity contribution in [3.8, 4) is 0 Å². The van der Waals surface area contributed by atoms with Crippen molar-refractivity contribution >= 4 is 11.8 Å². The highest BCUT2D eigenvalue weighted by atomic mass is 16.5. The number of ketones is 1. The molecule has 122 valence electrons. The third-order valence-corrected chi connectivity index (χ3v) is 3.06. The van der Waals surface area contributed by atoms with E-state index in [1.165, 1.54) is 0 Å². The zero-order valence-electron chi connectivity index (χ0n) is 13.9. The molecule has 0 rings (SSSR count). The summed E-state index contributed by atoms with van der Waals surface area (Å²) in [5.74, 6) is -1.16. The van der Waals surface area contributed by atoms with Crippen LogP contribution in [0.5, 0.6) is 0 Å². The Morgan fingerprint density at radius 2 is 1.62 bits per heavy atom. The van der Waals surface area contributed by atoms with E-state index in [1.54, 1.807) is 27.7 Å². The van der Waals surface area contributed by atoms with Gasteiger partial charge in [0.25, 0.3) is 0 Å². The van der Waals surface area contributed by atoms with E-state index < -0.39 is 17.2 Å². The average molecular weight is 300 g/mol. The van der Waals surface area contributed by atoms with Crippen LogP contribution in [0.2, 0.25) is 0 Å². The second kappa shape index (κ2) is 7.71. The highest BCUT2D eigenvalue weighted by Crippen LogP contribution is 2.21. The smallest absolute Gasteiger partial charge is 0.331 e. The van der Waals surface area contributed by atoms with Gasteiger partial charge < -0.3 is 14.9 Å². The van der Waals surface area contributed by atoms with E-state index in [-0.39, 0.29) is 30.8 Å². The minimum Gasteiger partial charge on any atom is -0.478 e. The molecule has 0 radical (unpaired) electrons. The second-order valence-electron chi connectivity index (χ2n) is 6.86. The number of carboxylic acid groups (broad SMARTS) is 1. The average Bonchev–Trinajstić information content (AvgIpc) is 2.30. The first-order valence-electron chi connectivity index (χ1n) is 7.12. The molecule has 0 saturated carbocycles. The summed E-state index contributed by atoms with van der Waals surface area (Å²) in [7, 11) is 0. The van der Waals surface area contributed by atoms with E-state index >= 15 is 0 Å². The summed E-state index contributed by atoms with van der Waals surface area (Å²) in [5, 5.41) is 18.7. The zero-order valence-corrected chi connectivity index (χ0v) is 13.9. The van der Waals surface area contributed by atoms with Gasteiger partial charge in [0.15, 0.2) is 0 Å². The van der Waals surface area contributed by atoms with Crippen LogP contribution in [0.4, 0.5) is 0 Å². The fourth-order valence-electron chi connectivity index (χ4n) is 1.64. The van der Waals surface area contributed by atoms with Gasteiger partial charge in [-0.2, -0.15) is 0 Å². The van der Waals surface area contributed by atoms with Crippen LogP contribution >= 0.6 is 0 Å².